The predicted octanol–water partition coefficient (Wildman–Crippen LogP) is 3.85. The number of carbonyl (C=O) groups is 1. The number of nitrogens with one attached hydrogen (secondary N) is 1. The van der Waals surface area contributed by atoms with E-state index in [4.69, 9.17) is 4.42 Å². The minimum atomic E-state index is -0.195. The van der Waals surface area contributed by atoms with Crippen molar-refractivity contribution >= 4 is 17.2 Å². The fourth-order valence-corrected chi connectivity index (χ4v) is 2.39. The van der Waals surface area contributed by atoms with Crippen molar-refractivity contribution in [2.45, 2.75) is 0 Å². The zero-order valence-corrected chi connectivity index (χ0v) is 12.1. The maximum absolute atomic E-state index is 12.0. The van der Waals surface area contributed by atoms with Crippen LogP contribution in [0.5, 0.6) is 0 Å². The molecule has 0 saturated heterocycles. The molecule has 5 nitrogen and oxygen atoms in total. The lowest BCUT2D eigenvalue weighted by Crippen LogP contribution is -2.10. The van der Waals surface area contributed by atoms with E-state index in [1.807, 2.05) is 59.3 Å². The number of amides is 1. The van der Waals surface area contributed by atoms with Crippen molar-refractivity contribution in [2.24, 2.45) is 0 Å². The molecule has 0 fully saturated rings. The van der Waals surface area contributed by atoms with Crippen molar-refractivity contribution < 1.29 is 9.21 Å². The highest BCUT2D eigenvalue weighted by molar-refractivity contribution is 6.04. The Morgan fingerprint density at radius 2 is 1.96 bits per heavy atom. The number of fused-ring (bicyclic) bond motifs is 1. The summed E-state index contributed by atoms with van der Waals surface area (Å²) >= 11 is 0. The van der Waals surface area contributed by atoms with Gasteiger partial charge >= 0.3 is 0 Å². The molecule has 0 unspecified atom stereocenters. The van der Waals surface area contributed by atoms with Crippen LogP contribution in [0.2, 0.25) is 0 Å². The van der Waals surface area contributed by atoms with Crippen LogP contribution in [-0.4, -0.2) is 15.3 Å². The Labute approximate surface area is 132 Å². The molecule has 0 saturated carbocycles. The summed E-state index contributed by atoms with van der Waals surface area (Å²) in [7, 11) is 0. The van der Waals surface area contributed by atoms with Gasteiger partial charge in [-0.3, -0.25) is 4.79 Å². The van der Waals surface area contributed by atoms with Crippen LogP contribution in [0, 0.1) is 0 Å². The van der Waals surface area contributed by atoms with E-state index in [2.05, 4.69) is 10.3 Å². The summed E-state index contributed by atoms with van der Waals surface area (Å²) in [5.41, 5.74) is 4.01. The van der Waals surface area contributed by atoms with Gasteiger partial charge in [0, 0.05) is 23.6 Å². The van der Waals surface area contributed by atoms with Gasteiger partial charge in [-0.15, -0.1) is 0 Å². The first kappa shape index (κ1) is 13.3. The molecule has 0 aliphatic rings. The van der Waals surface area contributed by atoms with Crippen LogP contribution in [0.4, 0.5) is 5.69 Å². The van der Waals surface area contributed by atoms with Crippen LogP contribution in [0.15, 0.2) is 77.9 Å². The fraction of sp³-hybridized carbons (Fsp3) is 0. The molecule has 3 aromatic heterocycles. The highest BCUT2D eigenvalue weighted by Crippen LogP contribution is 2.21. The average molecular weight is 303 g/mol. The van der Waals surface area contributed by atoms with Gasteiger partial charge in [0.1, 0.15) is 11.9 Å². The SMILES string of the molecule is O=C(Nc1ccc(-c2cn3ccccc3n2)cc1)c1ccoc1. The monoisotopic (exact) mass is 303 g/mol. The number of furan rings is 1. The molecule has 0 bridgehead atoms. The maximum atomic E-state index is 12.0. The molecule has 0 spiro atoms. The Balaban J connectivity index is 1.57. The van der Waals surface area contributed by atoms with Gasteiger partial charge in [-0.25, -0.2) is 4.98 Å². The number of anilines is 1. The van der Waals surface area contributed by atoms with E-state index in [-0.39, 0.29) is 5.91 Å². The first-order valence-corrected chi connectivity index (χ1v) is 7.17. The molecule has 0 radical (unpaired) electrons. The second-order valence-electron chi connectivity index (χ2n) is 5.14. The van der Waals surface area contributed by atoms with Crippen molar-refractivity contribution in [2.75, 3.05) is 5.32 Å². The summed E-state index contributed by atoms with van der Waals surface area (Å²) < 4.78 is 6.88. The third-order valence-corrected chi connectivity index (χ3v) is 3.59. The topological polar surface area (TPSA) is 59.5 Å². The molecule has 23 heavy (non-hydrogen) atoms. The van der Waals surface area contributed by atoms with Crippen LogP contribution in [-0.2, 0) is 0 Å². The molecule has 5 heteroatoms. The first-order valence-electron chi connectivity index (χ1n) is 7.17. The van der Waals surface area contributed by atoms with E-state index in [1.54, 1.807) is 6.07 Å². The number of hydrogen-bond acceptors (Lipinski definition) is 3. The molecular formula is C18H13N3O2. The van der Waals surface area contributed by atoms with Gasteiger partial charge in [0.2, 0.25) is 0 Å². The second kappa shape index (κ2) is 5.46. The highest BCUT2D eigenvalue weighted by atomic mass is 16.3. The van der Waals surface area contributed by atoms with Gasteiger partial charge in [-0.2, -0.15) is 0 Å². The Morgan fingerprint density at radius 1 is 1.09 bits per heavy atom. The van der Waals surface area contributed by atoms with Gasteiger partial charge in [0.15, 0.2) is 0 Å². The van der Waals surface area contributed by atoms with Gasteiger partial charge in [0.25, 0.3) is 5.91 Å². The lowest BCUT2D eigenvalue weighted by Gasteiger charge is -2.04. The quantitative estimate of drug-likeness (QED) is 0.625. The highest BCUT2D eigenvalue weighted by Gasteiger charge is 2.08. The van der Waals surface area contributed by atoms with Gasteiger partial charge in [0.05, 0.1) is 17.5 Å². The van der Waals surface area contributed by atoms with Crippen molar-refractivity contribution in [3.8, 4) is 11.3 Å². The molecule has 0 aliphatic carbocycles. The maximum Gasteiger partial charge on any atom is 0.258 e. The number of benzene rings is 1. The van der Waals surface area contributed by atoms with Crippen molar-refractivity contribution in [1.29, 1.82) is 0 Å². The third-order valence-electron chi connectivity index (χ3n) is 3.59. The Bertz CT molecular complexity index is 921. The minimum absolute atomic E-state index is 0.195. The standard InChI is InChI=1S/C18H13N3O2/c22-18(14-8-10-23-12-14)19-15-6-4-13(5-7-15)16-11-21-9-2-1-3-17(21)20-16/h1-12H,(H,19,22). The lowest BCUT2D eigenvalue weighted by atomic mass is 10.1. The summed E-state index contributed by atoms with van der Waals surface area (Å²) in [6, 6.07) is 15.1. The molecule has 0 atom stereocenters. The average Bonchev–Trinajstić information content (AvgIpc) is 3.25. The normalized spacial score (nSPS) is 10.8. The van der Waals surface area contributed by atoms with E-state index >= 15 is 0 Å². The minimum Gasteiger partial charge on any atom is -0.472 e. The molecule has 0 aliphatic heterocycles. The number of hydrogen-bond donors (Lipinski definition) is 1. The number of carbonyl (C=O) groups excluding carboxylic acids is 1. The van der Waals surface area contributed by atoms with E-state index < -0.39 is 0 Å². The fourth-order valence-electron chi connectivity index (χ4n) is 2.39. The van der Waals surface area contributed by atoms with Crippen LogP contribution < -0.4 is 5.32 Å². The van der Waals surface area contributed by atoms with Crippen LogP contribution >= 0.6 is 0 Å². The number of rotatable bonds is 3. The molecule has 1 N–H and O–H groups in total. The largest absolute Gasteiger partial charge is 0.472 e. The second-order valence-corrected chi connectivity index (χ2v) is 5.14. The molecule has 4 rings (SSSR count). The summed E-state index contributed by atoms with van der Waals surface area (Å²) in [6.07, 6.45) is 6.83. The molecule has 1 aromatic carbocycles. The molecule has 4 aromatic rings. The van der Waals surface area contributed by atoms with E-state index in [0.29, 0.717) is 5.56 Å². The number of pyridine rings is 1. The summed E-state index contributed by atoms with van der Waals surface area (Å²) in [5, 5.41) is 2.83. The molecule has 112 valence electrons. The van der Waals surface area contributed by atoms with Crippen LogP contribution in [0.1, 0.15) is 10.4 Å². The van der Waals surface area contributed by atoms with E-state index in [0.717, 1.165) is 22.6 Å². The van der Waals surface area contributed by atoms with Crippen molar-refractivity contribution in [1.82, 2.24) is 9.38 Å². The van der Waals surface area contributed by atoms with E-state index in [1.165, 1.54) is 12.5 Å². The van der Waals surface area contributed by atoms with E-state index in [9.17, 15) is 4.79 Å². The predicted molar refractivity (Wildman–Crippen MR) is 87.3 cm³/mol. The zero-order valence-electron chi connectivity index (χ0n) is 12.1. The smallest absolute Gasteiger partial charge is 0.258 e. The molecule has 3 heterocycles. The summed E-state index contributed by atoms with van der Waals surface area (Å²) in [4.78, 5) is 16.5. The molecular weight excluding hydrogens is 290 g/mol. The van der Waals surface area contributed by atoms with Crippen LogP contribution in [0.3, 0.4) is 0 Å². The van der Waals surface area contributed by atoms with Gasteiger partial charge < -0.3 is 14.1 Å². The van der Waals surface area contributed by atoms with Crippen LogP contribution in [0.25, 0.3) is 16.9 Å². The Kier molecular flexibility index (Phi) is 3.16. The first-order chi connectivity index (χ1) is 11.3. The van der Waals surface area contributed by atoms with Gasteiger partial charge in [-0.05, 0) is 30.3 Å². The lowest BCUT2D eigenvalue weighted by molar-refractivity contribution is 0.102. The summed E-state index contributed by atoms with van der Waals surface area (Å²) in [5.74, 6) is -0.195. The number of aromatic nitrogens is 2. The number of imidazole rings is 1. The third kappa shape index (κ3) is 2.60. The molecule has 1 amide bonds. The number of nitrogens with zero attached hydrogens (tertiary/aromatic N) is 2. The van der Waals surface area contributed by atoms with Crippen molar-refractivity contribution in [3.05, 3.63) is 79.0 Å². The van der Waals surface area contributed by atoms with Crippen molar-refractivity contribution in [3.63, 3.8) is 0 Å². The van der Waals surface area contributed by atoms with Gasteiger partial charge in [-0.1, -0.05) is 18.2 Å². The Morgan fingerprint density at radius 3 is 2.70 bits per heavy atom. The zero-order chi connectivity index (χ0) is 15.6. The summed E-state index contributed by atoms with van der Waals surface area (Å²) in [6.45, 7) is 0. The Hall–Kier alpha value is -3.34.